The van der Waals surface area contributed by atoms with Crippen molar-refractivity contribution in [2.24, 2.45) is 28.7 Å². The molecule has 5 nitrogen and oxygen atoms in total. The van der Waals surface area contributed by atoms with Crippen LogP contribution >= 0.6 is 11.8 Å². The summed E-state index contributed by atoms with van der Waals surface area (Å²) in [5.41, 5.74) is 11.5. The van der Waals surface area contributed by atoms with Gasteiger partial charge in [0.1, 0.15) is 0 Å². The van der Waals surface area contributed by atoms with E-state index in [9.17, 15) is 9.90 Å². The second-order valence-electron chi connectivity index (χ2n) is 9.96. The fraction of sp³-hybridized carbons (Fsp3) is 0.708. The number of rotatable bonds is 9. The fourth-order valence-corrected chi connectivity index (χ4v) is 6.06. The molecule has 0 unspecified atom stereocenters. The summed E-state index contributed by atoms with van der Waals surface area (Å²) in [7, 11) is 0. The minimum absolute atomic E-state index is 0.246. The molecule has 168 valence electrons. The number of benzene rings is 1. The van der Waals surface area contributed by atoms with Gasteiger partial charge in [0.05, 0.1) is 6.10 Å². The van der Waals surface area contributed by atoms with Crippen molar-refractivity contribution in [2.75, 3.05) is 18.8 Å². The first-order chi connectivity index (χ1) is 14.3. The van der Waals surface area contributed by atoms with Crippen LogP contribution in [-0.4, -0.2) is 52.9 Å². The first-order valence-corrected chi connectivity index (χ1v) is 12.4. The monoisotopic (exact) mass is 433 g/mol. The molecule has 2 aliphatic rings. The normalized spacial score (nSPS) is 27.3. The van der Waals surface area contributed by atoms with Gasteiger partial charge < -0.3 is 16.6 Å². The predicted molar refractivity (Wildman–Crippen MR) is 124 cm³/mol. The number of primary amides is 1. The largest absolute Gasteiger partial charge is 0.390 e. The number of hydrogen-bond acceptors (Lipinski definition) is 5. The predicted octanol–water partition coefficient (Wildman–Crippen LogP) is 3.25. The molecule has 2 fully saturated rings. The van der Waals surface area contributed by atoms with Crippen molar-refractivity contribution in [1.29, 1.82) is 0 Å². The van der Waals surface area contributed by atoms with Gasteiger partial charge in [-0.05, 0) is 43.2 Å². The highest BCUT2D eigenvalue weighted by Crippen LogP contribution is 2.41. The summed E-state index contributed by atoms with van der Waals surface area (Å²) in [6.07, 6.45) is 6.45. The van der Waals surface area contributed by atoms with Crippen molar-refractivity contribution in [3.63, 3.8) is 0 Å². The smallest absolute Gasteiger partial charge is 0.223 e. The Bertz CT molecular complexity index is 684. The summed E-state index contributed by atoms with van der Waals surface area (Å²) in [5.74, 6) is 1.88. The Kier molecular flexibility index (Phi) is 8.24. The molecule has 1 heterocycles. The molecule has 1 saturated carbocycles. The van der Waals surface area contributed by atoms with Gasteiger partial charge in [0, 0.05) is 41.2 Å². The average Bonchev–Trinajstić information content (AvgIpc) is 2.72. The van der Waals surface area contributed by atoms with Crippen molar-refractivity contribution < 1.29 is 9.90 Å². The molecule has 30 heavy (non-hydrogen) atoms. The van der Waals surface area contributed by atoms with E-state index in [-0.39, 0.29) is 18.0 Å². The van der Waals surface area contributed by atoms with Crippen LogP contribution in [0.3, 0.4) is 0 Å². The van der Waals surface area contributed by atoms with Crippen LogP contribution in [-0.2, 0) is 4.79 Å². The molecule has 1 aliphatic heterocycles. The van der Waals surface area contributed by atoms with E-state index in [1.54, 1.807) is 11.8 Å². The molecule has 0 radical (unpaired) electrons. The molecular formula is C24H39N3O2S. The van der Waals surface area contributed by atoms with Crippen molar-refractivity contribution >= 4 is 17.7 Å². The molecule has 1 aliphatic carbocycles. The van der Waals surface area contributed by atoms with Gasteiger partial charge in [-0.2, -0.15) is 0 Å². The number of aliphatic hydroxyl groups is 1. The number of amides is 1. The number of carbonyl (C=O) groups excluding carboxylic acids is 1. The average molecular weight is 434 g/mol. The van der Waals surface area contributed by atoms with E-state index in [1.807, 2.05) is 32.0 Å². The van der Waals surface area contributed by atoms with Gasteiger partial charge in [0.25, 0.3) is 0 Å². The number of nitrogens with zero attached hydrogens (tertiary/aromatic N) is 1. The number of aliphatic hydroxyl groups excluding tert-OH is 1. The van der Waals surface area contributed by atoms with Crippen LogP contribution in [0, 0.1) is 17.3 Å². The van der Waals surface area contributed by atoms with Crippen LogP contribution < -0.4 is 11.5 Å². The highest BCUT2D eigenvalue weighted by atomic mass is 32.2. The Morgan fingerprint density at radius 1 is 1.23 bits per heavy atom. The SMILES string of the molecule is CC(C)(C[C@@H]1C[C@H]2CCCC[C@H]2CN1C[C@H](O)[C@H](N)CSc1ccccc1)C(N)=O. The summed E-state index contributed by atoms with van der Waals surface area (Å²) in [5, 5.41) is 10.9. The molecule has 6 heteroatoms. The molecule has 0 spiro atoms. The zero-order valence-corrected chi connectivity index (χ0v) is 19.3. The third-order valence-electron chi connectivity index (χ3n) is 7.14. The summed E-state index contributed by atoms with van der Waals surface area (Å²) in [4.78, 5) is 15.5. The highest BCUT2D eigenvalue weighted by Gasteiger charge is 2.41. The number of thioether (sulfide) groups is 1. The van der Waals surface area contributed by atoms with Gasteiger partial charge >= 0.3 is 0 Å². The zero-order valence-electron chi connectivity index (χ0n) is 18.5. The maximum Gasteiger partial charge on any atom is 0.223 e. The number of carbonyl (C=O) groups is 1. The molecular weight excluding hydrogens is 394 g/mol. The van der Waals surface area contributed by atoms with Crippen LogP contribution in [0.2, 0.25) is 0 Å². The lowest BCUT2D eigenvalue weighted by atomic mass is 9.70. The van der Waals surface area contributed by atoms with Crippen molar-refractivity contribution in [2.45, 2.75) is 75.5 Å². The Hall–Kier alpha value is -1.08. The molecule has 1 aromatic carbocycles. The van der Waals surface area contributed by atoms with E-state index >= 15 is 0 Å². The van der Waals surface area contributed by atoms with Crippen LogP contribution in [0.4, 0.5) is 0 Å². The fourth-order valence-electron chi connectivity index (χ4n) is 5.11. The molecule has 5 atom stereocenters. The minimum atomic E-state index is -0.583. The lowest BCUT2D eigenvalue weighted by Crippen LogP contribution is -2.55. The van der Waals surface area contributed by atoms with E-state index < -0.39 is 11.5 Å². The lowest BCUT2D eigenvalue weighted by molar-refractivity contribution is -0.127. The minimum Gasteiger partial charge on any atom is -0.390 e. The Balaban J connectivity index is 1.62. The Labute approximate surface area is 186 Å². The van der Waals surface area contributed by atoms with Crippen molar-refractivity contribution in [1.82, 2.24) is 4.90 Å². The van der Waals surface area contributed by atoms with E-state index in [4.69, 9.17) is 11.5 Å². The van der Waals surface area contributed by atoms with Gasteiger partial charge in [0.2, 0.25) is 5.91 Å². The first kappa shape index (κ1) is 23.6. The summed E-state index contributed by atoms with van der Waals surface area (Å²) >= 11 is 1.69. The van der Waals surface area contributed by atoms with E-state index in [0.717, 1.165) is 25.3 Å². The van der Waals surface area contributed by atoms with Crippen LogP contribution in [0.25, 0.3) is 0 Å². The number of likely N-dealkylation sites (tertiary alicyclic amines) is 1. The summed E-state index contributed by atoms with van der Waals surface area (Å²) in [6, 6.07) is 10.2. The zero-order chi connectivity index (χ0) is 21.7. The third-order valence-corrected chi connectivity index (χ3v) is 8.30. The maximum atomic E-state index is 12.0. The van der Waals surface area contributed by atoms with Gasteiger partial charge in [-0.3, -0.25) is 9.69 Å². The first-order valence-electron chi connectivity index (χ1n) is 11.4. The Morgan fingerprint density at radius 3 is 2.57 bits per heavy atom. The van der Waals surface area contributed by atoms with E-state index in [1.165, 1.54) is 30.6 Å². The van der Waals surface area contributed by atoms with Gasteiger partial charge in [-0.25, -0.2) is 0 Å². The molecule has 1 aromatic rings. The standard InChI is InChI=1S/C24H39N3O2S/c1-24(2,23(26)29)13-19-12-17-8-6-7-9-18(17)14-27(19)15-22(28)21(25)16-30-20-10-4-3-5-11-20/h3-5,10-11,17-19,21-22,28H,6-9,12-16,25H2,1-2H3,(H2,26,29)/t17-,18+,19+,21-,22+/m1/s1. The molecule has 0 bridgehead atoms. The number of fused-ring (bicyclic) bond motifs is 1. The van der Waals surface area contributed by atoms with Crippen LogP contribution in [0.1, 0.15) is 52.4 Å². The second-order valence-corrected chi connectivity index (χ2v) is 11.0. The van der Waals surface area contributed by atoms with Gasteiger partial charge in [-0.1, -0.05) is 51.3 Å². The van der Waals surface area contributed by atoms with Crippen LogP contribution in [0.15, 0.2) is 35.2 Å². The highest BCUT2D eigenvalue weighted by molar-refractivity contribution is 7.99. The topological polar surface area (TPSA) is 92.6 Å². The number of piperidine rings is 1. The molecule has 5 N–H and O–H groups in total. The maximum absolute atomic E-state index is 12.0. The molecule has 1 amide bonds. The van der Waals surface area contributed by atoms with E-state index in [2.05, 4.69) is 17.0 Å². The summed E-state index contributed by atoms with van der Waals surface area (Å²) in [6.45, 7) is 5.46. The molecule has 1 saturated heterocycles. The van der Waals surface area contributed by atoms with Crippen molar-refractivity contribution in [3.8, 4) is 0 Å². The second kappa shape index (κ2) is 10.5. The van der Waals surface area contributed by atoms with Crippen LogP contribution in [0.5, 0.6) is 0 Å². The molecule has 0 aromatic heterocycles. The van der Waals surface area contributed by atoms with E-state index in [0.29, 0.717) is 18.2 Å². The van der Waals surface area contributed by atoms with Gasteiger partial charge in [-0.15, -0.1) is 11.8 Å². The third kappa shape index (κ3) is 6.22. The number of nitrogens with two attached hydrogens (primary N) is 2. The Morgan fingerprint density at radius 2 is 1.90 bits per heavy atom. The lowest BCUT2D eigenvalue weighted by Gasteiger charge is -2.48. The summed E-state index contributed by atoms with van der Waals surface area (Å²) < 4.78 is 0. The number of hydrogen-bond donors (Lipinski definition) is 3. The van der Waals surface area contributed by atoms with Crippen molar-refractivity contribution in [3.05, 3.63) is 30.3 Å². The van der Waals surface area contributed by atoms with Gasteiger partial charge in [0.15, 0.2) is 0 Å². The molecule has 3 rings (SSSR count). The quantitative estimate of drug-likeness (QED) is 0.520. The number of β-amino-alcohol motifs (C(OH)–C–C–N with tert-alkyl or cyclic N) is 1.